The zero-order valence-electron chi connectivity index (χ0n) is 7.73. The highest BCUT2D eigenvalue weighted by molar-refractivity contribution is 5.72. The lowest BCUT2D eigenvalue weighted by Crippen LogP contribution is -2.18. The van der Waals surface area contributed by atoms with Crippen molar-refractivity contribution in [3.63, 3.8) is 0 Å². The number of benzene rings is 1. The maximum absolute atomic E-state index is 12.8. The number of amides is 1. The van der Waals surface area contributed by atoms with Crippen LogP contribution in [0, 0.1) is 12.7 Å². The summed E-state index contributed by atoms with van der Waals surface area (Å²) in [5, 5.41) is 2.65. The number of rotatable bonds is 2. The molecule has 0 saturated carbocycles. The minimum absolute atomic E-state index is 0.0815. The zero-order valence-corrected chi connectivity index (χ0v) is 7.73. The number of carbonyl (C=O) groups is 1. The van der Waals surface area contributed by atoms with E-state index < -0.39 is 0 Å². The Morgan fingerprint density at radius 2 is 2.23 bits per heavy atom. The maximum atomic E-state index is 12.8. The molecular formula is C10H12FNO. The van der Waals surface area contributed by atoms with E-state index >= 15 is 0 Å². The van der Waals surface area contributed by atoms with Gasteiger partial charge in [0.05, 0.1) is 0 Å². The maximum Gasteiger partial charge on any atom is 0.217 e. The van der Waals surface area contributed by atoms with E-state index in [-0.39, 0.29) is 11.7 Å². The third-order valence-electron chi connectivity index (χ3n) is 1.76. The van der Waals surface area contributed by atoms with Gasteiger partial charge in [0, 0.05) is 13.5 Å². The van der Waals surface area contributed by atoms with Crippen LogP contribution >= 0.6 is 0 Å². The Hall–Kier alpha value is -1.38. The first-order valence-corrected chi connectivity index (χ1v) is 4.09. The minimum Gasteiger partial charge on any atom is -0.352 e. The molecule has 0 saturated heterocycles. The Bertz CT molecular complexity index is 323. The third kappa shape index (κ3) is 2.86. The van der Waals surface area contributed by atoms with Gasteiger partial charge in [-0.15, -0.1) is 0 Å². The highest BCUT2D eigenvalue weighted by Crippen LogP contribution is 2.08. The number of nitrogens with one attached hydrogen (secondary N) is 1. The summed E-state index contributed by atoms with van der Waals surface area (Å²) in [6.07, 6.45) is 0. The standard InChI is InChI=1S/C10H12FNO/c1-7-5-9(3-4-10(7)11)6-12-8(2)13/h3-5H,6H2,1-2H3,(H,12,13). The van der Waals surface area contributed by atoms with Crippen molar-refractivity contribution in [1.29, 1.82) is 0 Å². The van der Waals surface area contributed by atoms with Crippen LogP contribution in [-0.2, 0) is 11.3 Å². The molecule has 0 aromatic heterocycles. The van der Waals surface area contributed by atoms with Crippen LogP contribution in [0.15, 0.2) is 18.2 Å². The molecule has 3 heteroatoms. The fraction of sp³-hybridized carbons (Fsp3) is 0.300. The van der Waals surface area contributed by atoms with Crippen LogP contribution in [0.5, 0.6) is 0 Å². The SMILES string of the molecule is CC(=O)NCc1ccc(F)c(C)c1. The first-order valence-electron chi connectivity index (χ1n) is 4.09. The molecule has 70 valence electrons. The van der Waals surface area contributed by atoms with Crippen molar-refractivity contribution >= 4 is 5.91 Å². The van der Waals surface area contributed by atoms with Crippen molar-refractivity contribution in [3.05, 3.63) is 35.1 Å². The number of halogens is 1. The predicted octanol–water partition coefficient (Wildman–Crippen LogP) is 1.77. The zero-order chi connectivity index (χ0) is 9.84. The molecule has 0 aliphatic heterocycles. The first kappa shape index (κ1) is 9.71. The second kappa shape index (κ2) is 4.03. The highest BCUT2D eigenvalue weighted by atomic mass is 19.1. The molecule has 0 atom stereocenters. The van der Waals surface area contributed by atoms with Gasteiger partial charge >= 0.3 is 0 Å². The Balaban J connectivity index is 2.68. The minimum atomic E-state index is -0.216. The number of hydrogen-bond donors (Lipinski definition) is 1. The lowest BCUT2D eigenvalue weighted by atomic mass is 10.1. The molecule has 0 aliphatic rings. The van der Waals surface area contributed by atoms with Gasteiger partial charge < -0.3 is 5.32 Å². The van der Waals surface area contributed by atoms with Crippen LogP contribution in [-0.4, -0.2) is 5.91 Å². The molecule has 0 unspecified atom stereocenters. The normalized spacial score (nSPS) is 9.77. The average molecular weight is 181 g/mol. The van der Waals surface area contributed by atoms with Crippen molar-refractivity contribution in [3.8, 4) is 0 Å². The summed E-state index contributed by atoms with van der Waals surface area (Å²) in [5.41, 5.74) is 1.51. The molecule has 0 aliphatic carbocycles. The Kier molecular flexibility index (Phi) is 3.01. The van der Waals surface area contributed by atoms with Gasteiger partial charge in [0.15, 0.2) is 0 Å². The van der Waals surface area contributed by atoms with Crippen LogP contribution in [0.3, 0.4) is 0 Å². The topological polar surface area (TPSA) is 29.1 Å². The predicted molar refractivity (Wildman–Crippen MR) is 48.7 cm³/mol. The van der Waals surface area contributed by atoms with Gasteiger partial charge in [-0.25, -0.2) is 4.39 Å². The first-order chi connectivity index (χ1) is 6.09. The molecule has 0 spiro atoms. The molecule has 1 amide bonds. The molecule has 0 radical (unpaired) electrons. The molecular weight excluding hydrogens is 169 g/mol. The van der Waals surface area contributed by atoms with Crippen molar-refractivity contribution < 1.29 is 9.18 Å². The Morgan fingerprint density at radius 1 is 1.54 bits per heavy atom. The summed E-state index contributed by atoms with van der Waals surface area (Å²) in [6, 6.07) is 4.80. The average Bonchev–Trinajstić information content (AvgIpc) is 2.07. The molecule has 0 bridgehead atoms. The quantitative estimate of drug-likeness (QED) is 0.740. The summed E-state index contributed by atoms with van der Waals surface area (Å²) in [7, 11) is 0. The monoisotopic (exact) mass is 181 g/mol. The van der Waals surface area contributed by atoms with E-state index in [1.807, 2.05) is 0 Å². The summed E-state index contributed by atoms with van der Waals surface area (Å²) in [4.78, 5) is 10.6. The van der Waals surface area contributed by atoms with Crippen molar-refractivity contribution in [2.45, 2.75) is 20.4 Å². The van der Waals surface area contributed by atoms with Crippen molar-refractivity contribution in [1.82, 2.24) is 5.32 Å². The summed E-state index contributed by atoms with van der Waals surface area (Å²) < 4.78 is 12.8. The lowest BCUT2D eigenvalue weighted by molar-refractivity contribution is -0.119. The molecule has 0 fully saturated rings. The molecule has 1 aromatic carbocycles. The Labute approximate surface area is 76.8 Å². The summed E-state index contributed by atoms with van der Waals surface area (Å²) >= 11 is 0. The smallest absolute Gasteiger partial charge is 0.217 e. The van der Waals surface area contributed by atoms with Crippen LogP contribution in [0.4, 0.5) is 4.39 Å². The van der Waals surface area contributed by atoms with Crippen LogP contribution in [0.2, 0.25) is 0 Å². The van der Waals surface area contributed by atoms with Gasteiger partial charge in [0.2, 0.25) is 5.91 Å². The van der Waals surface area contributed by atoms with Crippen molar-refractivity contribution in [2.75, 3.05) is 0 Å². The van der Waals surface area contributed by atoms with Gasteiger partial charge in [0.25, 0.3) is 0 Å². The molecule has 2 nitrogen and oxygen atoms in total. The lowest BCUT2D eigenvalue weighted by Gasteiger charge is -2.03. The summed E-state index contributed by atoms with van der Waals surface area (Å²) in [6.45, 7) is 3.61. The number of carbonyl (C=O) groups excluding carboxylic acids is 1. The molecule has 13 heavy (non-hydrogen) atoms. The van der Waals surface area contributed by atoms with E-state index in [9.17, 15) is 9.18 Å². The second-order valence-corrected chi connectivity index (χ2v) is 2.99. The Morgan fingerprint density at radius 3 is 2.77 bits per heavy atom. The molecule has 0 heterocycles. The van der Waals surface area contributed by atoms with E-state index in [1.54, 1.807) is 19.1 Å². The number of hydrogen-bond acceptors (Lipinski definition) is 1. The molecule has 1 aromatic rings. The van der Waals surface area contributed by atoms with E-state index in [0.29, 0.717) is 12.1 Å². The fourth-order valence-corrected chi connectivity index (χ4v) is 1.04. The second-order valence-electron chi connectivity index (χ2n) is 2.99. The van der Waals surface area contributed by atoms with Gasteiger partial charge in [-0.05, 0) is 24.1 Å². The van der Waals surface area contributed by atoms with E-state index in [4.69, 9.17) is 0 Å². The largest absolute Gasteiger partial charge is 0.352 e. The van der Waals surface area contributed by atoms with Crippen molar-refractivity contribution in [2.24, 2.45) is 0 Å². The van der Waals surface area contributed by atoms with Gasteiger partial charge in [-0.2, -0.15) is 0 Å². The van der Waals surface area contributed by atoms with Crippen LogP contribution in [0.25, 0.3) is 0 Å². The van der Waals surface area contributed by atoms with E-state index in [0.717, 1.165) is 5.56 Å². The van der Waals surface area contributed by atoms with Crippen LogP contribution < -0.4 is 5.32 Å². The molecule has 1 N–H and O–H groups in total. The van der Waals surface area contributed by atoms with E-state index in [2.05, 4.69) is 5.32 Å². The van der Waals surface area contributed by atoms with Gasteiger partial charge in [-0.1, -0.05) is 12.1 Å². The highest BCUT2D eigenvalue weighted by Gasteiger charge is 1.99. The van der Waals surface area contributed by atoms with Gasteiger partial charge in [0.1, 0.15) is 5.82 Å². The summed E-state index contributed by atoms with van der Waals surface area (Å²) in [5.74, 6) is -0.298. The number of aryl methyl sites for hydroxylation is 1. The van der Waals surface area contributed by atoms with Gasteiger partial charge in [-0.3, -0.25) is 4.79 Å². The third-order valence-corrected chi connectivity index (χ3v) is 1.76. The van der Waals surface area contributed by atoms with Crippen LogP contribution in [0.1, 0.15) is 18.1 Å². The molecule has 1 rings (SSSR count). The van der Waals surface area contributed by atoms with E-state index in [1.165, 1.54) is 13.0 Å². The fourth-order valence-electron chi connectivity index (χ4n) is 1.04.